The highest BCUT2D eigenvalue weighted by Crippen LogP contribution is 2.46. The number of halogens is 1. The number of rotatable bonds is 14. The first-order chi connectivity index (χ1) is 18.8. The van der Waals surface area contributed by atoms with Crippen LogP contribution < -0.4 is 15.0 Å². The molecule has 2 atom stereocenters. The number of hydrogen-bond acceptors (Lipinski definition) is 4. The van der Waals surface area contributed by atoms with Crippen molar-refractivity contribution < 1.29 is 9.47 Å². The first-order valence-electron chi connectivity index (χ1n) is 14.9. The van der Waals surface area contributed by atoms with Crippen molar-refractivity contribution in [2.75, 3.05) is 31.2 Å². The molecule has 210 valence electrons. The number of anilines is 2. The highest BCUT2D eigenvalue weighted by Gasteiger charge is 2.28. The summed E-state index contributed by atoms with van der Waals surface area (Å²) in [6.07, 6.45) is 11.5. The lowest BCUT2D eigenvalue weighted by atomic mass is 9.91. The quantitative estimate of drug-likeness (QED) is 0.204. The van der Waals surface area contributed by atoms with Gasteiger partial charge in [-0.05, 0) is 67.6 Å². The molecular formula is C34H45ClN2O2. The third kappa shape index (κ3) is 7.78. The summed E-state index contributed by atoms with van der Waals surface area (Å²) in [6, 6.07) is 26.4. The van der Waals surface area contributed by atoms with Crippen LogP contribution in [-0.4, -0.2) is 32.3 Å². The molecule has 0 radical (unpaired) electrons. The molecule has 39 heavy (non-hydrogen) atoms. The van der Waals surface area contributed by atoms with E-state index in [0.717, 1.165) is 55.6 Å². The van der Waals surface area contributed by atoms with Gasteiger partial charge >= 0.3 is 0 Å². The summed E-state index contributed by atoms with van der Waals surface area (Å²) in [4.78, 5) is 2.36. The molecule has 0 amide bonds. The number of hydrogen-bond donors (Lipinski definition) is 1. The fraction of sp³-hybridized carbons (Fsp3) is 0.471. The average Bonchev–Trinajstić information content (AvgIpc) is 3.43. The van der Waals surface area contributed by atoms with Gasteiger partial charge in [0.1, 0.15) is 0 Å². The first-order valence-corrected chi connectivity index (χ1v) is 14.9. The molecule has 0 aromatic heterocycles. The van der Waals surface area contributed by atoms with E-state index in [0.29, 0.717) is 12.0 Å². The molecule has 3 aromatic rings. The number of benzene rings is 3. The number of unbranched alkanes of at least 4 members (excludes halogenated alkanes) is 5. The standard InChI is InChI=1S/C34H44N2O2.ClH/c1-2-3-4-5-6-7-13-27-18-20-28(21-19-27)29-22-23-35-30(29)26-37-25-12-24-36-31-14-8-10-16-33(31)38-34-17-11-9-15-32(34)36;/h8-11,14-21,29-30,35H,2-7,12-13,22-26H2,1H3;1H/t29-,30-;/m1./s1. The second-order valence-corrected chi connectivity index (χ2v) is 10.8. The highest BCUT2D eigenvalue weighted by molar-refractivity contribution is 5.85. The Morgan fingerprint density at radius 1 is 0.821 bits per heavy atom. The van der Waals surface area contributed by atoms with Gasteiger partial charge in [0.2, 0.25) is 0 Å². The molecule has 5 rings (SSSR count). The van der Waals surface area contributed by atoms with E-state index in [2.05, 4.69) is 65.7 Å². The third-order valence-electron chi connectivity index (χ3n) is 8.07. The van der Waals surface area contributed by atoms with Gasteiger partial charge in [0.25, 0.3) is 0 Å². The zero-order valence-electron chi connectivity index (χ0n) is 23.4. The van der Waals surface area contributed by atoms with Crippen LogP contribution in [0, 0.1) is 0 Å². The monoisotopic (exact) mass is 548 g/mol. The molecule has 1 fully saturated rings. The van der Waals surface area contributed by atoms with Gasteiger partial charge in [0.05, 0.1) is 18.0 Å². The Morgan fingerprint density at radius 2 is 1.49 bits per heavy atom. The maximum Gasteiger partial charge on any atom is 0.151 e. The smallest absolute Gasteiger partial charge is 0.151 e. The van der Waals surface area contributed by atoms with E-state index in [1.807, 2.05) is 24.3 Å². The molecule has 0 aliphatic carbocycles. The molecule has 5 heteroatoms. The summed E-state index contributed by atoms with van der Waals surface area (Å²) in [7, 11) is 0. The molecule has 4 nitrogen and oxygen atoms in total. The average molecular weight is 549 g/mol. The van der Waals surface area contributed by atoms with Gasteiger partial charge in [0.15, 0.2) is 11.5 Å². The SMILES string of the molecule is CCCCCCCCc1ccc([C@H]2CCN[C@@H]2COCCCN2c3ccccc3Oc3ccccc32)cc1.Cl. The van der Waals surface area contributed by atoms with Crippen LogP contribution in [0.2, 0.25) is 0 Å². The number of nitrogens with one attached hydrogen (secondary N) is 1. The Morgan fingerprint density at radius 3 is 2.21 bits per heavy atom. The van der Waals surface area contributed by atoms with Gasteiger partial charge in [-0.15, -0.1) is 12.4 Å². The maximum atomic E-state index is 6.23. The van der Waals surface area contributed by atoms with Crippen molar-refractivity contribution in [3.8, 4) is 11.5 Å². The van der Waals surface area contributed by atoms with Crippen molar-refractivity contribution in [2.45, 2.75) is 76.7 Å². The molecule has 2 heterocycles. The Kier molecular flexibility index (Phi) is 11.6. The van der Waals surface area contributed by atoms with Crippen molar-refractivity contribution in [3.05, 3.63) is 83.9 Å². The van der Waals surface area contributed by atoms with Gasteiger partial charge < -0.3 is 19.7 Å². The fourth-order valence-corrected chi connectivity index (χ4v) is 5.94. The van der Waals surface area contributed by atoms with Crippen molar-refractivity contribution in [3.63, 3.8) is 0 Å². The van der Waals surface area contributed by atoms with E-state index < -0.39 is 0 Å². The molecule has 1 N–H and O–H groups in total. The number of aryl methyl sites for hydroxylation is 1. The first kappa shape index (κ1) is 29.5. The molecule has 2 aliphatic heterocycles. The van der Waals surface area contributed by atoms with Crippen molar-refractivity contribution >= 4 is 23.8 Å². The van der Waals surface area contributed by atoms with Gasteiger partial charge in [-0.25, -0.2) is 0 Å². The number of ether oxygens (including phenoxy) is 2. The van der Waals surface area contributed by atoms with Crippen LogP contribution in [0.3, 0.4) is 0 Å². The fourth-order valence-electron chi connectivity index (χ4n) is 5.94. The van der Waals surface area contributed by atoms with Gasteiger partial charge in [-0.2, -0.15) is 0 Å². The van der Waals surface area contributed by atoms with E-state index in [9.17, 15) is 0 Å². The van der Waals surface area contributed by atoms with Gasteiger partial charge in [-0.3, -0.25) is 0 Å². The summed E-state index contributed by atoms with van der Waals surface area (Å²) >= 11 is 0. The number of nitrogens with zero attached hydrogens (tertiary/aromatic N) is 1. The summed E-state index contributed by atoms with van der Waals surface area (Å²) in [5.41, 5.74) is 5.19. The second kappa shape index (κ2) is 15.3. The van der Waals surface area contributed by atoms with E-state index in [1.165, 1.54) is 62.5 Å². The van der Waals surface area contributed by atoms with Crippen LogP contribution in [0.25, 0.3) is 0 Å². The highest BCUT2D eigenvalue weighted by atomic mass is 35.5. The molecule has 0 saturated carbocycles. The van der Waals surface area contributed by atoms with Crippen molar-refractivity contribution in [1.29, 1.82) is 0 Å². The van der Waals surface area contributed by atoms with Gasteiger partial charge in [0, 0.05) is 25.1 Å². The molecule has 3 aromatic carbocycles. The molecule has 1 saturated heterocycles. The zero-order valence-corrected chi connectivity index (χ0v) is 24.3. The summed E-state index contributed by atoms with van der Waals surface area (Å²) in [5, 5.41) is 3.69. The van der Waals surface area contributed by atoms with Crippen LogP contribution in [0.5, 0.6) is 11.5 Å². The normalized spacial score (nSPS) is 17.7. The largest absolute Gasteiger partial charge is 0.453 e. The van der Waals surface area contributed by atoms with E-state index in [4.69, 9.17) is 9.47 Å². The van der Waals surface area contributed by atoms with Crippen LogP contribution in [0.15, 0.2) is 72.8 Å². The molecule has 2 aliphatic rings. The topological polar surface area (TPSA) is 33.7 Å². The maximum absolute atomic E-state index is 6.23. The van der Waals surface area contributed by atoms with Crippen LogP contribution in [-0.2, 0) is 11.2 Å². The van der Waals surface area contributed by atoms with Crippen LogP contribution >= 0.6 is 12.4 Å². The lowest BCUT2D eigenvalue weighted by molar-refractivity contribution is 0.111. The van der Waals surface area contributed by atoms with Crippen LogP contribution in [0.1, 0.15) is 75.3 Å². The summed E-state index contributed by atoms with van der Waals surface area (Å²) < 4.78 is 12.4. The lowest BCUT2D eigenvalue weighted by Crippen LogP contribution is -2.31. The second-order valence-electron chi connectivity index (χ2n) is 10.8. The van der Waals surface area contributed by atoms with Crippen LogP contribution in [0.4, 0.5) is 11.4 Å². The Hall–Kier alpha value is -2.53. The van der Waals surface area contributed by atoms with Crippen molar-refractivity contribution in [1.82, 2.24) is 5.32 Å². The molecule has 0 spiro atoms. The third-order valence-corrected chi connectivity index (χ3v) is 8.07. The number of fused-ring (bicyclic) bond motifs is 2. The lowest BCUT2D eigenvalue weighted by Gasteiger charge is -2.32. The minimum atomic E-state index is 0. The van der Waals surface area contributed by atoms with E-state index in [1.54, 1.807) is 0 Å². The molecule has 0 unspecified atom stereocenters. The Balaban J connectivity index is 0.00000353. The van der Waals surface area contributed by atoms with Gasteiger partial charge in [-0.1, -0.05) is 87.6 Å². The summed E-state index contributed by atoms with van der Waals surface area (Å²) in [6.45, 7) is 5.77. The summed E-state index contributed by atoms with van der Waals surface area (Å²) in [5.74, 6) is 2.38. The molecular weight excluding hydrogens is 504 g/mol. The zero-order chi connectivity index (χ0) is 26.0. The Labute approximate surface area is 241 Å². The van der Waals surface area contributed by atoms with Crippen molar-refractivity contribution in [2.24, 2.45) is 0 Å². The predicted octanol–water partition coefficient (Wildman–Crippen LogP) is 8.81. The Bertz CT molecular complexity index is 1090. The minimum absolute atomic E-state index is 0. The number of para-hydroxylation sites is 4. The van der Waals surface area contributed by atoms with E-state index >= 15 is 0 Å². The molecule has 0 bridgehead atoms. The predicted molar refractivity (Wildman–Crippen MR) is 165 cm³/mol. The minimum Gasteiger partial charge on any atom is -0.453 e. The van der Waals surface area contributed by atoms with E-state index in [-0.39, 0.29) is 12.4 Å².